The highest BCUT2D eigenvalue weighted by atomic mass is 32.2. The molecule has 0 bridgehead atoms. The summed E-state index contributed by atoms with van der Waals surface area (Å²) in [5, 5.41) is 56.4. The van der Waals surface area contributed by atoms with Gasteiger partial charge >= 0.3 is 5.97 Å². The van der Waals surface area contributed by atoms with Crippen molar-refractivity contribution in [2.75, 3.05) is 40.2 Å². The molecule has 20 nitrogen and oxygen atoms in total. The molecule has 0 aliphatic carbocycles. The molecule has 3 saturated heterocycles. The number of nitrogens with two attached hydrogens (primary N) is 1. The number of halogens is 1. The molecule has 1 aromatic heterocycles. The molecule has 77 heavy (non-hydrogen) atoms. The van der Waals surface area contributed by atoms with E-state index in [1.54, 1.807) is 52.4 Å². The molecule has 0 unspecified atom stereocenters. The van der Waals surface area contributed by atoms with Crippen LogP contribution in [0.25, 0.3) is 0 Å². The highest BCUT2D eigenvalue weighted by Gasteiger charge is 2.54. The van der Waals surface area contributed by atoms with Crippen LogP contribution in [0.1, 0.15) is 131 Å². The predicted molar refractivity (Wildman–Crippen MR) is 286 cm³/mol. The number of primary amides is 1. The molecular formula is C55H87FN6O14S. The van der Waals surface area contributed by atoms with E-state index in [0.717, 1.165) is 16.2 Å². The highest BCUT2D eigenvalue weighted by molar-refractivity contribution is 8.14. The summed E-state index contributed by atoms with van der Waals surface area (Å²) in [4.78, 5) is 46.9. The summed E-state index contributed by atoms with van der Waals surface area (Å²) in [5.41, 5.74) is 3.36. The Bertz CT molecular complexity index is 2330. The standard InChI is InChI=1S/C55H87FN6O14S/c1-15-41-55(11,69)46(65)31(5)43(63)28(2)23-54(10,71-14)48(32(6)45(33(7)51(68)74-41)75-42-24-53(9,70-13)47(66)34(8)73-42)76-52-44(64)39(22-29(3)72-52)61(12)21-20-37-26-62(60-59-37)40(25-56)30(4)35-16-18-36(19-17-35)50-58-38(27-77-50)49(57)67/h16-19,26,28-34,38-42,44-48,52,64-66,69H,15,20-25,27H2,1-14H3,(H2,57,67)/t28-,29-,30-,31+,32+,33-,34+,38+,39+,40-,41-,42+,44-,45+,46-,47+,48-,52+,53-,54-,55-/m1/s1. The van der Waals surface area contributed by atoms with Crippen LogP contribution in [0.4, 0.5) is 4.39 Å². The Morgan fingerprint density at radius 2 is 1.64 bits per heavy atom. The molecule has 6 rings (SSSR count). The van der Waals surface area contributed by atoms with Gasteiger partial charge in [-0.05, 0) is 73.4 Å². The first-order valence-corrected chi connectivity index (χ1v) is 28.1. The Hall–Kier alpha value is -3.52. The van der Waals surface area contributed by atoms with Gasteiger partial charge in [0.05, 0.1) is 64.4 Å². The number of likely N-dealkylation sites (N-methyl/N-ethyl adjacent to an activating group) is 1. The molecular weight excluding hydrogens is 1020 g/mol. The van der Waals surface area contributed by atoms with Gasteiger partial charge in [-0.2, -0.15) is 0 Å². The normalized spacial score (nSPS) is 39.7. The van der Waals surface area contributed by atoms with Crippen molar-refractivity contribution in [3.05, 3.63) is 47.3 Å². The maximum atomic E-state index is 14.9. The molecule has 5 heterocycles. The lowest BCUT2D eigenvalue weighted by Gasteiger charge is -2.50. The number of aliphatic hydroxyl groups is 4. The van der Waals surface area contributed by atoms with E-state index in [9.17, 15) is 39.2 Å². The fraction of sp³-hybridized carbons (Fsp3) is 0.782. The number of ketones is 1. The number of aromatic nitrogens is 3. The van der Waals surface area contributed by atoms with Gasteiger partial charge in [0.2, 0.25) is 5.91 Å². The molecule has 0 spiro atoms. The molecule has 1 aromatic carbocycles. The number of thioether (sulfide) groups is 1. The van der Waals surface area contributed by atoms with Gasteiger partial charge in [0.25, 0.3) is 0 Å². The number of cyclic esters (lactones) is 1. The molecule has 4 aliphatic rings. The number of alkyl halides is 1. The van der Waals surface area contributed by atoms with Crippen molar-refractivity contribution in [3.8, 4) is 0 Å². The van der Waals surface area contributed by atoms with Crippen LogP contribution in [0, 0.1) is 23.7 Å². The summed E-state index contributed by atoms with van der Waals surface area (Å²) in [6.07, 6.45) is -7.89. The van der Waals surface area contributed by atoms with Crippen molar-refractivity contribution < 1.29 is 72.4 Å². The molecule has 3 fully saturated rings. The number of aliphatic imine (C=N–C) groups is 1. The number of benzene rings is 1. The van der Waals surface area contributed by atoms with E-state index in [1.807, 2.05) is 57.0 Å². The number of hydrogen-bond donors (Lipinski definition) is 5. The lowest BCUT2D eigenvalue weighted by molar-refractivity contribution is -0.319. The number of Topliss-reactive ketones (excluding diaryl/α,β-unsaturated/α-hetero) is 1. The number of ether oxygens (including phenoxy) is 7. The fourth-order valence-corrected chi connectivity index (χ4v) is 12.9. The van der Waals surface area contributed by atoms with Gasteiger partial charge < -0.3 is 64.2 Å². The van der Waals surface area contributed by atoms with Crippen LogP contribution in [-0.4, -0.2) is 194 Å². The Balaban J connectivity index is 1.25. The van der Waals surface area contributed by atoms with E-state index in [4.69, 9.17) is 38.9 Å². The Labute approximate surface area is 457 Å². The first-order chi connectivity index (χ1) is 36.1. The number of aliphatic hydroxyl groups excluding tert-OH is 3. The third-order valence-corrected chi connectivity index (χ3v) is 18.3. The topological polar surface area (TPSA) is 269 Å². The van der Waals surface area contributed by atoms with Crippen molar-refractivity contribution in [2.45, 2.75) is 211 Å². The Morgan fingerprint density at radius 3 is 2.23 bits per heavy atom. The van der Waals surface area contributed by atoms with Gasteiger partial charge in [0, 0.05) is 80.8 Å². The number of rotatable bonds is 17. The summed E-state index contributed by atoms with van der Waals surface area (Å²) >= 11 is 1.47. The SMILES string of the molecule is CC[C@H]1OC(=O)[C@H](C)[C@@H](O[C@H]2C[C@@](C)(OC)[C@@H](O)[C@H](C)O2)[C@H](C)[C@@H](O[C@@H]2O[C@H](C)C[C@H](N(C)CCc3cn([C@H](CF)[C@H](C)c4ccc(C5=N[C@H](C(N)=O)CS5)cc4)nn3)[C@H]2O)[C@](C)(OC)C[C@@H](C)C(=O)[C@H](C)[C@@H](O)[C@]1(C)O. The van der Waals surface area contributed by atoms with E-state index in [1.165, 1.54) is 39.8 Å². The second-order valence-electron chi connectivity index (χ2n) is 22.9. The lowest BCUT2D eigenvalue weighted by atomic mass is 9.74. The third kappa shape index (κ3) is 13.8. The second kappa shape index (κ2) is 25.9. The van der Waals surface area contributed by atoms with Crippen LogP contribution in [0.3, 0.4) is 0 Å². The van der Waals surface area contributed by atoms with E-state index in [0.29, 0.717) is 30.8 Å². The second-order valence-corrected chi connectivity index (χ2v) is 23.9. The summed E-state index contributed by atoms with van der Waals surface area (Å²) in [6, 6.07) is 5.97. The predicted octanol–water partition coefficient (Wildman–Crippen LogP) is 4.31. The van der Waals surface area contributed by atoms with Gasteiger partial charge in [-0.1, -0.05) is 64.1 Å². The Morgan fingerprint density at radius 1 is 0.974 bits per heavy atom. The van der Waals surface area contributed by atoms with Gasteiger partial charge in [-0.15, -0.1) is 16.9 Å². The molecule has 434 valence electrons. The van der Waals surface area contributed by atoms with E-state index in [-0.39, 0.29) is 31.0 Å². The first-order valence-electron chi connectivity index (χ1n) is 27.1. The fourth-order valence-electron chi connectivity index (χ4n) is 11.8. The molecule has 2 aromatic rings. The summed E-state index contributed by atoms with van der Waals surface area (Å²) in [5.74, 6) is -5.12. The van der Waals surface area contributed by atoms with Crippen molar-refractivity contribution in [3.63, 3.8) is 0 Å². The number of methoxy groups -OCH3 is 2. The average molecular weight is 1110 g/mol. The monoisotopic (exact) mass is 1110 g/mol. The molecule has 22 heteroatoms. The van der Waals surface area contributed by atoms with Gasteiger partial charge in [-0.25, -0.2) is 9.07 Å². The van der Waals surface area contributed by atoms with Crippen LogP contribution >= 0.6 is 11.8 Å². The number of carbonyl (C=O) groups is 3. The van der Waals surface area contributed by atoms with E-state index < -0.39 is 139 Å². The van der Waals surface area contributed by atoms with Gasteiger partial charge in [0.15, 0.2) is 12.6 Å². The molecule has 6 N–H and O–H groups in total. The van der Waals surface area contributed by atoms with E-state index in [2.05, 4.69) is 15.3 Å². The van der Waals surface area contributed by atoms with Crippen LogP contribution in [0.5, 0.6) is 0 Å². The zero-order valence-electron chi connectivity index (χ0n) is 47.4. The van der Waals surface area contributed by atoms with Gasteiger partial charge in [-0.3, -0.25) is 19.4 Å². The quantitative estimate of drug-likeness (QED) is 0.138. The van der Waals surface area contributed by atoms with Crippen LogP contribution < -0.4 is 5.73 Å². The smallest absolute Gasteiger partial charge is 0.311 e. The minimum absolute atomic E-state index is 0.0380. The van der Waals surface area contributed by atoms with Crippen LogP contribution in [0.15, 0.2) is 35.5 Å². The molecule has 21 atom stereocenters. The first kappa shape index (κ1) is 62.7. The number of nitrogens with zero attached hydrogens (tertiary/aromatic N) is 5. The number of amides is 1. The largest absolute Gasteiger partial charge is 0.459 e. The number of carbonyl (C=O) groups excluding carboxylic acids is 3. The summed E-state index contributed by atoms with van der Waals surface area (Å²) < 4.78 is 61.2. The number of esters is 1. The maximum absolute atomic E-state index is 14.9. The molecule has 0 radical (unpaired) electrons. The minimum atomic E-state index is -2.02. The van der Waals surface area contributed by atoms with Crippen molar-refractivity contribution >= 4 is 34.5 Å². The summed E-state index contributed by atoms with van der Waals surface area (Å²) in [7, 11) is 4.86. The zero-order valence-corrected chi connectivity index (χ0v) is 48.2. The zero-order chi connectivity index (χ0) is 57.1. The molecule has 1 amide bonds. The molecule has 4 aliphatic heterocycles. The van der Waals surface area contributed by atoms with Crippen LogP contribution in [0.2, 0.25) is 0 Å². The third-order valence-electron chi connectivity index (χ3n) is 17.2. The van der Waals surface area contributed by atoms with Crippen molar-refractivity contribution in [1.82, 2.24) is 19.9 Å². The lowest BCUT2D eigenvalue weighted by Crippen LogP contribution is -2.61. The van der Waals surface area contributed by atoms with E-state index >= 15 is 0 Å². The molecule has 0 saturated carbocycles. The van der Waals surface area contributed by atoms with Crippen molar-refractivity contribution in [2.24, 2.45) is 34.4 Å². The maximum Gasteiger partial charge on any atom is 0.311 e. The highest BCUT2D eigenvalue weighted by Crippen LogP contribution is 2.42. The van der Waals surface area contributed by atoms with Crippen LogP contribution in [-0.2, 0) is 54.0 Å². The van der Waals surface area contributed by atoms with Gasteiger partial charge in [0.1, 0.15) is 42.4 Å². The summed E-state index contributed by atoms with van der Waals surface area (Å²) in [6.45, 7) is 18.5. The average Bonchev–Trinajstić information content (AvgIpc) is 4.10. The minimum Gasteiger partial charge on any atom is -0.459 e. The Kier molecular flexibility index (Phi) is 21.1. The van der Waals surface area contributed by atoms with Crippen molar-refractivity contribution in [1.29, 1.82) is 0 Å². The number of hydrogen-bond acceptors (Lipinski definition) is 19.